The summed E-state index contributed by atoms with van der Waals surface area (Å²) in [6.45, 7) is 0. The lowest BCUT2D eigenvalue weighted by Crippen LogP contribution is -2.48. The molecule has 3 aromatic heterocycles. The van der Waals surface area contributed by atoms with Gasteiger partial charge in [-0.2, -0.15) is 0 Å². The molecule has 0 spiro atoms. The van der Waals surface area contributed by atoms with Crippen LogP contribution < -0.4 is 14.7 Å². The quantitative estimate of drug-likeness (QED) is 0.0964. The summed E-state index contributed by atoms with van der Waals surface area (Å²) in [4.78, 5) is 7.50. The van der Waals surface area contributed by atoms with Gasteiger partial charge in [0.15, 0.2) is 5.58 Å². The Morgan fingerprint density at radius 2 is 0.644 bits per heavy atom. The number of furan rings is 1. The minimum atomic E-state index is 0.416. The van der Waals surface area contributed by atoms with Crippen molar-refractivity contribution in [3.05, 3.63) is 337 Å². The Balaban J connectivity index is 0.0000000987. The number of thiophene rings is 1. The molecule has 3 heterocycles. The lowest BCUT2D eigenvalue weighted by atomic mass is 9.48. The van der Waals surface area contributed by atoms with Crippen LogP contribution in [0, 0.1) is 94.7 Å². The van der Waals surface area contributed by atoms with Gasteiger partial charge in [-0.25, -0.2) is 0 Å². The fourth-order valence-corrected chi connectivity index (χ4v) is 36.0. The first-order chi connectivity index (χ1) is 66.6. The van der Waals surface area contributed by atoms with Gasteiger partial charge in [0.2, 0.25) is 0 Å². The third-order valence-electron chi connectivity index (χ3n) is 39.4. The van der Waals surface area contributed by atoms with Gasteiger partial charge in [0.05, 0.1) is 27.1 Å². The van der Waals surface area contributed by atoms with E-state index in [0.29, 0.717) is 10.8 Å². The number of hydrogen-bond donors (Lipinski definition) is 0. The van der Waals surface area contributed by atoms with Gasteiger partial charge in [0.25, 0.3) is 0 Å². The Bertz CT molecular complexity index is 6800. The molecule has 16 aromatic rings. The molecule has 13 aromatic carbocycles. The molecule has 34 rings (SSSR count). The number of hydrogen-bond acceptors (Lipinski definition) is 5. The summed E-state index contributed by atoms with van der Waals surface area (Å²) >= 11 is 1.94. The predicted octanol–water partition coefficient (Wildman–Crippen LogP) is 36.0. The van der Waals surface area contributed by atoms with Crippen LogP contribution in [0.15, 0.2) is 308 Å². The minimum absolute atomic E-state index is 0.416. The van der Waals surface area contributed by atoms with Crippen molar-refractivity contribution < 1.29 is 4.42 Å². The maximum atomic E-state index is 6.59. The molecule has 9 unspecified atom stereocenters. The van der Waals surface area contributed by atoms with E-state index in [-0.39, 0.29) is 0 Å². The van der Waals surface area contributed by atoms with Gasteiger partial charge < -0.3 is 23.7 Å². The predicted molar refractivity (Wildman–Crippen MR) is 562 cm³/mol. The highest BCUT2D eigenvalue weighted by molar-refractivity contribution is 7.26. The van der Waals surface area contributed by atoms with E-state index in [0.717, 1.165) is 135 Å². The Hall–Kier alpha value is -10.9. The first-order valence-corrected chi connectivity index (χ1v) is 54.3. The van der Waals surface area contributed by atoms with E-state index >= 15 is 0 Å². The van der Waals surface area contributed by atoms with E-state index in [1.165, 1.54) is 296 Å². The van der Waals surface area contributed by atoms with E-state index in [9.17, 15) is 0 Å². The van der Waals surface area contributed by atoms with Gasteiger partial charge in [-0.05, 0) is 457 Å². The van der Waals surface area contributed by atoms with Gasteiger partial charge in [-0.3, -0.25) is 0 Å². The lowest BCUT2D eigenvalue weighted by molar-refractivity contribution is -0.00530. The molecule has 5 nitrogen and oxygen atoms in total. The van der Waals surface area contributed by atoms with E-state index in [4.69, 9.17) is 4.42 Å². The molecule has 0 amide bonds. The molecular weight excluding hydrogens is 1650 g/mol. The SMILES string of the molecule is c1ccc(-n2c3ccccc3c3ccc(N(c4ccc(C5CC6CCC5C6)cc4)c4ccc(C5C6CC7CC(C6)CC5C7)cc4)cc32)cc1.c1ccc2c(c1)oc1c(N(c3ccc(C4CC5CCC4C5)cc3)c3ccc(C45CC6CC(CC(C6)C4)C5)cc3)cccc12.c1ccc2c(c1)sc1c(N(c3ccc(C4CC5CCC4C5)cc3)c3ccc(C45CC6CC(CC(C6)C4)C5)cc3)cccc12. The summed E-state index contributed by atoms with van der Waals surface area (Å²) in [6, 6.07) is 116. The van der Waals surface area contributed by atoms with Gasteiger partial charge in [-0.15, -0.1) is 11.3 Å². The van der Waals surface area contributed by atoms with E-state index in [1.807, 2.05) is 11.3 Å². The normalized spacial score (nSPS) is 31.3. The minimum Gasteiger partial charge on any atom is -0.454 e. The van der Waals surface area contributed by atoms with Crippen LogP contribution in [-0.4, -0.2) is 4.57 Å². The van der Waals surface area contributed by atoms with Crippen molar-refractivity contribution in [1.29, 1.82) is 0 Å². The molecule has 9 atom stereocenters. The van der Waals surface area contributed by atoms with Crippen LogP contribution in [0.25, 0.3) is 69.6 Å². The summed E-state index contributed by atoms with van der Waals surface area (Å²) in [5, 5.41) is 7.70. The second kappa shape index (κ2) is 32.4. The van der Waals surface area contributed by atoms with E-state index in [2.05, 4.69) is 323 Å². The molecule has 0 radical (unpaired) electrons. The molecule has 0 saturated heterocycles. The summed E-state index contributed by atoms with van der Waals surface area (Å²) in [5.74, 6) is 18.3. The first-order valence-electron chi connectivity index (χ1n) is 53.5. The molecule has 6 heteroatoms. The van der Waals surface area contributed by atoms with Crippen LogP contribution in [0.2, 0.25) is 0 Å². The summed E-state index contributed by atoms with van der Waals surface area (Å²) in [7, 11) is 0. The monoisotopic (exact) mass is 1780 g/mol. The van der Waals surface area contributed by atoms with Gasteiger partial charge in [-0.1, -0.05) is 195 Å². The van der Waals surface area contributed by atoms with E-state index < -0.39 is 0 Å². The first kappa shape index (κ1) is 81.3. The highest BCUT2D eigenvalue weighted by atomic mass is 32.1. The number of aromatic nitrogens is 1. The van der Waals surface area contributed by atoms with Crippen molar-refractivity contribution in [3.63, 3.8) is 0 Å². The Labute approximate surface area is 802 Å². The van der Waals surface area contributed by atoms with Gasteiger partial charge in [0, 0.05) is 82.5 Å². The molecular formula is C129H128N4OS. The van der Waals surface area contributed by atoms with Crippen LogP contribution in [0.5, 0.6) is 0 Å². The lowest BCUT2D eigenvalue weighted by Gasteiger charge is -2.57. The van der Waals surface area contributed by atoms with Crippen molar-refractivity contribution in [2.45, 2.75) is 221 Å². The summed E-state index contributed by atoms with van der Waals surface area (Å²) < 4.78 is 11.8. The molecule has 18 saturated carbocycles. The van der Waals surface area contributed by atoms with Crippen LogP contribution in [0.3, 0.4) is 0 Å². The molecule has 0 aliphatic heterocycles. The number of rotatable bonds is 16. The Morgan fingerprint density at radius 1 is 0.259 bits per heavy atom. The molecule has 18 aliphatic rings. The topological polar surface area (TPSA) is 27.8 Å². The fraction of sp³-hybridized carbons (Fsp3) is 0.395. The number of para-hydroxylation sites is 4. The molecule has 0 N–H and O–H groups in total. The van der Waals surface area contributed by atoms with Crippen molar-refractivity contribution in [3.8, 4) is 5.69 Å². The fourth-order valence-electron chi connectivity index (χ4n) is 34.8. The maximum absolute atomic E-state index is 6.59. The summed E-state index contributed by atoms with van der Waals surface area (Å²) in [5.41, 5.74) is 27.0. The van der Waals surface area contributed by atoms with Crippen molar-refractivity contribution in [2.75, 3.05) is 14.7 Å². The molecule has 676 valence electrons. The zero-order valence-corrected chi connectivity index (χ0v) is 79.3. The van der Waals surface area contributed by atoms with Crippen LogP contribution in [-0.2, 0) is 10.8 Å². The van der Waals surface area contributed by atoms with Crippen molar-refractivity contribution in [2.24, 2.45) is 94.7 Å². The number of nitrogens with zero attached hydrogens (tertiary/aromatic N) is 4. The second-order valence-corrected chi connectivity index (χ2v) is 48.1. The van der Waals surface area contributed by atoms with E-state index in [1.54, 1.807) is 27.8 Å². The molecule has 18 aliphatic carbocycles. The summed E-state index contributed by atoms with van der Waals surface area (Å²) in [6.07, 6.45) is 42.1. The Kier molecular flexibility index (Phi) is 19.5. The highest BCUT2D eigenvalue weighted by Gasteiger charge is 2.55. The zero-order valence-electron chi connectivity index (χ0n) is 78.5. The molecule has 135 heavy (non-hydrogen) atoms. The van der Waals surface area contributed by atoms with Crippen LogP contribution >= 0.6 is 11.3 Å². The second-order valence-electron chi connectivity index (χ2n) is 47.1. The zero-order chi connectivity index (χ0) is 88.3. The smallest absolute Gasteiger partial charge is 0.159 e. The highest BCUT2D eigenvalue weighted by Crippen LogP contribution is 2.66. The Morgan fingerprint density at radius 3 is 1.13 bits per heavy atom. The van der Waals surface area contributed by atoms with Gasteiger partial charge >= 0.3 is 0 Å². The largest absolute Gasteiger partial charge is 0.454 e. The van der Waals surface area contributed by atoms with Crippen molar-refractivity contribution in [1.82, 2.24) is 4.57 Å². The third-order valence-corrected chi connectivity index (χ3v) is 40.7. The molecule has 18 bridgehead atoms. The number of anilines is 9. The maximum Gasteiger partial charge on any atom is 0.159 e. The van der Waals surface area contributed by atoms with Crippen molar-refractivity contribution >= 4 is 126 Å². The van der Waals surface area contributed by atoms with Gasteiger partial charge in [0.1, 0.15) is 5.58 Å². The standard InChI is InChI=1S/C47H46N2.C41H41NO.C41H41NS/c1-2-6-38(7-3-1)49-45-9-5-4-8-42(45)43-21-20-41(29-46(43)49)48(39-16-12-33(13-17-39)44-28-30-10-11-35(44)23-30)40-18-14-34(15-19-40)47-36-24-31-22-32(26-36)27-37(47)25-31;2*1-2-7-39-35(4-1)36-5-3-6-38(40(36)43-39)42(33-14-10-30(11-15-33)37-22-26-8-9-31(37)21-26)34-16-12-32(13-17-34)41-23-27-18-28(24-41)20-29(19-27)25-41/h1-9,12-21,29-32,35-37,44,47H,10-11,22-28H2;2*1-7,10-17,26-29,31,37H,8-9,18-25H2. The number of fused-ring (bicyclic) bond motifs is 15. The third kappa shape index (κ3) is 13.9. The van der Waals surface area contributed by atoms with Crippen LogP contribution in [0.4, 0.5) is 51.2 Å². The average molecular weight is 1780 g/mol. The number of benzene rings is 13. The average Bonchev–Trinajstić information content (AvgIpc) is 1.14. The van der Waals surface area contributed by atoms with Crippen LogP contribution in [0.1, 0.15) is 243 Å². The molecule has 18 fully saturated rings.